The van der Waals surface area contributed by atoms with Gasteiger partial charge in [0.05, 0.1) is 12.2 Å². The molecule has 1 aliphatic heterocycles. The third-order valence-electron chi connectivity index (χ3n) is 5.28. The molecule has 2 saturated carbocycles. The zero-order valence-electron chi connectivity index (χ0n) is 12.1. The van der Waals surface area contributed by atoms with Gasteiger partial charge in [0, 0.05) is 11.3 Å². The van der Waals surface area contributed by atoms with Crippen LogP contribution in [0.25, 0.3) is 0 Å². The van der Waals surface area contributed by atoms with Crippen LogP contribution in [0.3, 0.4) is 0 Å². The first-order valence-corrected chi connectivity index (χ1v) is 9.10. The van der Waals surface area contributed by atoms with Gasteiger partial charge in [-0.1, -0.05) is 12.8 Å². The van der Waals surface area contributed by atoms with E-state index < -0.39 is 0 Å². The Labute approximate surface area is 120 Å². The van der Waals surface area contributed by atoms with E-state index in [1.165, 1.54) is 44.9 Å². The number of nitrogens with one attached hydrogen (secondary N) is 1. The lowest BCUT2D eigenvalue weighted by Crippen LogP contribution is -2.47. The molecule has 0 aromatic carbocycles. The van der Waals surface area contributed by atoms with Gasteiger partial charge in [-0.2, -0.15) is 11.8 Å². The fourth-order valence-electron chi connectivity index (χ4n) is 4.20. The standard InChI is InChI=1S/C15H26N2OS/c1-10-15(18)17(12-7-8-13(9-12)19-2)14(16-10)11-5-3-4-6-11/h10-14,16H,3-9H2,1-2H3. The third kappa shape index (κ3) is 2.54. The molecule has 1 amide bonds. The fraction of sp³-hybridized carbons (Fsp3) is 0.933. The molecule has 4 heteroatoms. The van der Waals surface area contributed by atoms with Crippen molar-refractivity contribution in [3.05, 3.63) is 0 Å². The summed E-state index contributed by atoms with van der Waals surface area (Å²) in [5.41, 5.74) is 0. The number of nitrogens with zero attached hydrogens (tertiary/aromatic N) is 1. The highest BCUT2D eigenvalue weighted by Gasteiger charge is 2.45. The summed E-state index contributed by atoms with van der Waals surface area (Å²) in [4.78, 5) is 14.8. The molecular formula is C15H26N2OS. The highest BCUT2D eigenvalue weighted by Crippen LogP contribution is 2.38. The predicted octanol–water partition coefficient (Wildman–Crippen LogP) is 2.61. The van der Waals surface area contributed by atoms with Crippen molar-refractivity contribution in [2.24, 2.45) is 5.92 Å². The molecule has 0 radical (unpaired) electrons. The van der Waals surface area contributed by atoms with Crippen LogP contribution in [0.15, 0.2) is 0 Å². The second-order valence-corrected chi connectivity index (χ2v) is 7.59. The largest absolute Gasteiger partial charge is 0.322 e. The number of hydrogen-bond donors (Lipinski definition) is 1. The van der Waals surface area contributed by atoms with Gasteiger partial charge in [-0.3, -0.25) is 10.1 Å². The van der Waals surface area contributed by atoms with E-state index in [0.29, 0.717) is 24.0 Å². The van der Waals surface area contributed by atoms with Crippen molar-refractivity contribution in [2.75, 3.05) is 6.26 Å². The zero-order chi connectivity index (χ0) is 13.4. The van der Waals surface area contributed by atoms with Crippen LogP contribution in [-0.2, 0) is 4.79 Å². The molecule has 3 fully saturated rings. The summed E-state index contributed by atoms with van der Waals surface area (Å²) in [7, 11) is 0. The summed E-state index contributed by atoms with van der Waals surface area (Å²) >= 11 is 1.97. The van der Waals surface area contributed by atoms with E-state index in [-0.39, 0.29) is 6.04 Å². The summed E-state index contributed by atoms with van der Waals surface area (Å²) in [6, 6.07) is 0.520. The first kappa shape index (κ1) is 13.7. The summed E-state index contributed by atoms with van der Waals surface area (Å²) in [5, 5.41) is 4.34. The molecular weight excluding hydrogens is 256 g/mol. The number of rotatable bonds is 3. The number of carbonyl (C=O) groups is 1. The molecule has 3 rings (SSSR count). The van der Waals surface area contributed by atoms with E-state index in [1.807, 2.05) is 18.7 Å². The molecule has 0 bridgehead atoms. The molecule has 3 aliphatic rings. The van der Waals surface area contributed by atoms with Crippen LogP contribution in [-0.4, -0.2) is 40.6 Å². The van der Waals surface area contributed by atoms with Crippen LogP contribution < -0.4 is 5.32 Å². The Kier molecular flexibility index (Phi) is 4.08. The first-order chi connectivity index (χ1) is 9.20. The molecule has 4 atom stereocenters. The van der Waals surface area contributed by atoms with E-state index >= 15 is 0 Å². The quantitative estimate of drug-likeness (QED) is 0.863. The molecule has 1 N–H and O–H groups in total. The summed E-state index contributed by atoms with van der Waals surface area (Å²) in [6.45, 7) is 2.03. The van der Waals surface area contributed by atoms with Gasteiger partial charge in [-0.25, -0.2) is 0 Å². The smallest absolute Gasteiger partial charge is 0.240 e. The Balaban J connectivity index is 1.74. The molecule has 0 spiro atoms. The molecule has 19 heavy (non-hydrogen) atoms. The van der Waals surface area contributed by atoms with Gasteiger partial charge in [0.15, 0.2) is 0 Å². The van der Waals surface area contributed by atoms with Crippen molar-refractivity contribution in [3.8, 4) is 0 Å². The summed E-state index contributed by atoms with van der Waals surface area (Å²) in [6.07, 6.45) is 11.5. The monoisotopic (exact) mass is 282 g/mol. The second-order valence-electron chi connectivity index (χ2n) is 6.45. The van der Waals surface area contributed by atoms with E-state index in [0.717, 1.165) is 5.25 Å². The lowest BCUT2D eigenvalue weighted by molar-refractivity contribution is -0.132. The van der Waals surface area contributed by atoms with Crippen molar-refractivity contribution in [3.63, 3.8) is 0 Å². The number of amides is 1. The maximum atomic E-state index is 12.5. The normalized spacial score (nSPS) is 40.5. The topological polar surface area (TPSA) is 32.3 Å². The first-order valence-electron chi connectivity index (χ1n) is 7.81. The van der Waals surface area contributed by atoms with Crippen LogP contribution in [0, 0.1) is 5.92 Å². The Hall–Kier alpha value is -0.220. The van der Waals surface area contributed by atoms with Crippen molar-refractivity contribution in [2.45, 2.75) is 75.4 Å². The Morgan fingerprint density at radius 2 is 1.95 bits per heavy atom. The van der Waals surface area contributed by atoms with Gasteiger partial charge >= 0.3 is 0 Å². The van der Waals surface area contributed by atoms with Crippen LogP contribution >= 0.6 is 11.8 Å². The van der Waals surface area contributed by atoms with Gasteiger partial charge < -0.3 is 4.90 Å². The van der Waals surface area contributed by atoms with Crippen molar-refractivity contribution in [1.82, 2.24) is 10.2 Å². The van der Waals surface area contributed by atoms with Crippen molar-refractivity contribution in [1.29, 1.82) is 0 Å². The van der Waals surface area contributed by atoms with Gasteiger partial charge in [0.1, 0.15) is 0 Å². The molecule has 0 aromatic rings. The second kappa shape index (κ2) is 5.65. The van der Waals surface area contributed by atoms with Crippen LogP contribution in [0.2, 0.25) is 0 Å². The molecule has 3 nitrogen and oxygen atoms in total. The predicted molar refractivity (Wildman–Crippen MR) is 80.1 cm³/mol. The minimum Gasteiger partial charge on any atom is -0.322 e. The maximum absolute atomic E-state index is 12.5. The van der Waals surface area contributed by atoms with E-state index in [1.54, 1.807) is 0 Å². The Morgan fingerprint density at radius 3 is 2.58 bits per heavy atom. The average Bonchev–Trinajstić information content (AvgIpc) is 3.11. The Bertz CT molecular complexity index is 343. The molecule has 1 heterocycles. The molecule has 2 aliphatic carbocycles. The van der Waals surface area contributed by atoms with E-state index in [4.69, 9.17) is 0 Å². The SMILES string of the molecule is CSC1CCC(N2C(=O)C(C)NC2C2CCCC2)C1. The lowest BCUT2D eigenvalue weighted by atomic mass is 10.0. The minimum absolute atomic E-state index is 0.0268. The molecule has 108 valence electrons. The van der Waals surface area contributed by atoms with E-state index in [2.05, 4.69) is 16.5 Å². The van der Waals surface area contributed by atoms with Crippen LogP contribution in [0.4, 0.5) is 0 Å². The molecule has 1 saturated heterocycles. The summed E-state index contributed by atoms with van der Waals surface area (Å²) in [5.74, 6) is 1.05. The number of thioether (sulfide) groups is 1. The Morgan fingerprint density at radius 1 is 1.21 bits per heavy atom. The third-order valence-corrected chi connectivity index (χ3v) is 6.37. The zero-order valence-corrected chi connectivity index (χ0v) is 12.9. The van der Waals surface area contributed by atoms with E-state index in [9.17, 15) is 4.79 Å². The summed E-state index contributed by atoms with van der Waals surface area (Å²) < 4.78 is 0. The van der Waals surface area contributed by atoms with Crippen molar-refractivity contribution < 1.29 is 4.79 Å². The minimum atomic E-state index is 0.0268. The average molecular weight is 282 g/mol. The number of hydrogen-bond acceptors (Lipinski definition) is 3. The van der Waals surface area contributed by atoms with Gasteiger partial charge in [-0.15, -0.1) is 0 Å². The van der Waals surface area contributed by atoms with Gasteiger partial charge in [-0.05, 0) is 51.2 Å². The fourth-order valence-corrected chi connectivity index (χ4v) is 4.98. The highest BCUT2D eigenvalue weighted by atomic mass is 32.2. The van der Waals surface area contributed by atoms with Crippen LogP contribution in [0.5, 0.6) is 0 Å². The van der Waals surface area contributed by atoms with Gasteiger partial charge in [0.2, 0.25) is 5.91 Å². The maximum Gasteiger partial charge on any atom is 0.240 e. The van der Waals surface area contributed by atoms with Gasteiger partial charge in [0.25, 0.3) is 0 Å². The van der Waals surface area contributed by atoms with Crippen molar-refractivity contribution >= 4 is 17.7 Å². The van der Waals surface area contributed by atoms with Crippen LogP contribution in [0.1, 0.15) is 51.9 Å². The lowest BCUT2D eigenvalue weighted by Gasteiger charge is -2.34. The molecule has 0 aromatic heterocycles. The highest BCUT2D eigenvalue weighted by molar-refractivity contribution is 7.99. The molecule has 4 unspecified atom stereocenters. The number of carbonyl (C=O) groups excluding carboxylic acids is 1.